The maximum atomic E-state index is 12.0. The summed E-state index contributed by atoms with van der Waals surface area (Å²) in [4.78, 5) is 23.2. The van der Waals surface area contributed by atoms with Crippen LogP contribution in [0.4, 0.5) is 14.0 Å². The predicted octanol–water partition coefficient (Wildman–Crippen LogP) is 3.01. The summed E-state index contributed by atoms with van der Waals surface area (Å²) in [6.45, 7) is 7.95. The molecule has 0 aromatic carbocycles. The van der Waals surface area contributed by atoms with Gasteiger partial charge in [0.05, 0.1) is 6.61 Å². The first-order valence-corrected chi connectivity index (χ1v) is 8.09. The first kappa shape index (κ1) is 19.5. The molecular weight excluding hydrogens is 303 g/mol. The molecule has 6 nitrogen and oxygen atoms in total. The molecule has 1 saturated carbocycles. The van der Waals surface area contributed by atoms with Crippen LogP contribution in [0.1, 0.15) is 47.0 Å². The number of alkyl halides is 1. The van der Waals surface area contributed by atoms with E-state index >= 15 is 0 Å². The highest BCUT2D eigenvalue weighted by Gasteiger charge is 2.42. The van der Waals surface area contributed by atoms with Crippen molar-refractivity contribution in [1.82, 2.24) is 10.6 Å². The van der Waals surface area contributed by atoms with Gasteiger partial charge in [0.1, 0.15) is 13.3 Å². The van der Waals surface area contributed by atoms with Crippen molar-refractivity contribution in [3.63, 3.8) is 0 Å². The number of hydrogen-bond donors (Lipinski definition) is 2. The molecule has 1 aliphatic rings. The first-order chi connectivity index (χ1) is 10.7. The monoisotopic (exact) mass is 332 g/mol. The lowest BCUT2D eigenvalue weighted by Gasteiger charge is -2.46. The molecule has 0 aliphatic heterocycles. The Balaban J connectivity index is 2.61. The second-order valence-electron chi connectivity index (χ2n) is 7.30. The number of hydrogen-bond acceptors (Lipinski definition) is 4. The van der Waals surface area contributed by atoms with Crippen LogP contribution in [0.5, 0.6) is 0 Å². The number of rotatable bonds is 6. The van der Waals surface area contributed by atoms with Crippen molar-refractivity contribution in [2.75, 3.05) is 26.4 Å². The Kier molecular flexibility index (Phi) is 7.09. The Bertz CT molecular complexity index is 417. The van der Waals surface area contributed by atoms with Crippen LogP contribution in [-0.4, -0.2) is 44.7 Å². The van der Waals surface area contributed by atoms with E-state index < -0.39 is 18.9 Å². The fourth-order valence-electron chi connectivity index (χ4n) is 3.68. The van der Waals surface area contributed by atoms with Gasteiger partial charge in [-0.1, -0.05) is 20.8 Å². The van der Waals surface area contributed by atoms with E-state index in [1.54, 1.807) is 6.92 Å². The molecular formula is C16H29FN2O4. The average molecular weight is 332 g/mol. The van der Waals surface area contributed by atoms with Crippen LogP contribution < -0.4 is 10.6 Å². The topological polar surface area (TPSA) is 76.7 Å². The van der Waals surface area contributed by atoms with Crippen LogP contribution in [0.3, 0.4) is 0 Å². The highest BCUT2D eigenvalue weighted by atomic mass is 19.1. The van der Waals surface area contributed by atoms with Gasteiger partial charge < -0.3 is 20.1 Å². The van der Waals surface area contributed by atoms with E-state index in [0.717, 1.165) is 19.3 Å². The Morgan fingerprint density at radius 1 is 1.17 bits per heavy atom. The van der Waals surface area contributed by atoms with E-state index in [1.807, 2.05) is 0 Å². The Hall–Kier alpha value is -1.53. The van der Waals surface area contributed by atoms with Crippen molar-refractivity contribution >= 4 is 12.2 Å². The summed E-state index contributed by atoms with van der Waals surface area (Å²) in [5.74, 6) is 0. The van der Waals surface area contributed by atoms with E-state index in [0.29, 0.717) is 13.2 Å². The highest BCUT2D eigenvalue weighted by molar-refractivity contribution is 5.68. The SMILES string of the molecule is CCOC(=O)NC1CC(C)(C)CC(C)(CNC(=O)OCCF)C1. The van der Waals surface area contributed by atoms with Crippen LogP contribution in [0.2, 0.25) is 0 Å². The zero-order valence-electron chi connectivity index (χ0n) is 14.5. The van der Waals surface area contributed by atoms with Gasteiger partial charge in [0, 0.05) is 12.6 Å². The molecule has 2 amide bonds. The second-order valence-corrected chi connectivity index (χ2v) is 7.30. The largest absolute Gasteiger partial charge is 0.450 e. The smallest absolute Gasteiger partial charge is 0.407 e. The van der Waals surface area contributed by atoms with E-state index in [-0.39, 0.29) is 23.5 Å². The number of nitrogens with one attached hydrogen (secondary N) is 2. The molecule has 0 radical (unpaired) electrons. The normalized spacial score (nSPS) is 26.2. The quantitative estimate of drug-likeness (QED) is 0.784. The van der Waals surface area contributed by atoms with Crippen molar-refractivity contribution < 1.29 is 23.5 Å². The van der Waals surface area contributed by atoms with Crippen molar-refractivity contribution in [2.24, 2.45) is 10.8 Å². The van der Waals surface area contributed by atoms with Gasteiger partial charge in [0.25, 0.3) is 0 Å². The molecule has 0 spiro atoms. The first-order valence-electron chi connectivity index (χ1n) is 8.09. The van der Waals surface area contributed by atoms with Gasteiger partial charge >= 0.3 is 12.2 Å². The fraction of sp³-hybridized carbons (Fsp3) is 0.875. The third-order valence-electron chi connectivity index (χ3n) is 4.01. The van der Waals surface area contributed by atoms with Crippen LogP contribution in [0, 0.1) is 10.8 Å². The van der Waals surface area contributed by atoms with Crippen molar-refractivity contribution in [2.45, 2.75) is 53.0 Å². The lowest BCUT2D eigenvalue weighted by atomic mass is 9.62. The maximum Gasteiger partial charge on any atom is 0.407 e. The summed E-state index contributed by atoms with van der Waals surface area (Å²) in [6, 6.07) is -0.00791. The summed E-state index contributed by atoms with van der Waals surface area (Å²) in [5.41, 5.74) is -0.150. The molecule has 7 heteroatoms. The van der Waals surface area contributed by atoms with Gasteiger partial charge in [-0.2, -0.15) is 0 Å². The number of ether oxygens (including phenoxy) is 2. The molecule has 2 unspecified atom stereocenters. The van der Waals surface area contributed by atoms with E-state index in [1.165, 1.54) is 0 Å². The molecule has 1 fully saturated rings. The van der Waals surface area contributed by atoms with E-state index in [9.17, 15) is 14.0 Å². The number of alkyl carbamates (subject to hydrolysis) is 2. The van der Waals surface area contributed by atoms with Crippen molar-refractivity contribution in [1.29, 1.82) is 0 Å². The Morgan fingerprint density at radius 3 is 2.48 bits per heavy atom. The Labute approximate surface area is 137 Å². The number of carbonyl (C=O) groups excluding carboxylic acids is 2. The van der Waals surface area contributed by atoms with Gasteiger partial charge in [0.2, 0.25) is 0 Å². The molecule has 1 aliphatic carbocycles. The number of amides is 2. The maximum absolute atomic E-state index is 12.0. The van der Waals surface area contributed by atoms with Crippen LogP contribution in [0.15, 0.2) is 0 Å². The molecule has 0 bridgehead atoms. The predicted molar refractivity (Wildman–Crippen MR) is 85.0 cm³/mol. The Morgan fingerprint density at radius 2 is 1.87 bits per heavy atom. The minimum atomic E-state index is -0.691. The summed E-state index contributed by atoms with van der Waals surface area (Å²) in [5, 5.41) is 5.59. The molecule has 2 atom stereocenters. The van der Waals surface area contributed by atoms with E-state index in [4.69, 9.17) is 4.74 Å². The lowest BCUT2D eigenvalue weighted by Crippen LogP contribution is -2.50. The molecule has 0 heterocycles. The number of halogens is 1. The molecule has 0 saturated heterocycles. The van der Waals surface area contributed by atoms with Crippen LogP contribution >= 0.6 is 0 Å². The second kappa shape index (κ2) is 8.36. The molecule has 0 aromatic heterocycles. The zero-order chi connectivity index (χ0) is 17.5. The average Bonchev–Trinajstić information content (AvgIpc) is 2.41. The standard InChI is InChI=1S/C16H29FN2O4/c1-5-22-14(21)19-12-8-15(2,3)10-16(4,9-12)11-18-13(20)23-7-6-17/h12H,5-11H2,1-4H3,(H,18,20)(H,19,21). The molecule has 0 aromatic rings. The third kappa shape index (κ3) is 7.05. The number of carbonyl (C=O) groups is 2. The molecule has 134 valence electrons. The minimum absolute atomic E-state index is 0.00791. The molecule has 2 N–H and O–H groups in total. The van der Waals surface area contributed by atoms with Gasteiger partial charge in [-0.25, -0.2) is 14.0 Å². The minimum Gasteiger partial charge on any atom is -0.450 e. The summed E-state index contributed by atoms with van der Waals surface area (Å²) in [6.07, 6.45) is 1.48. The van der Waals surface area contributed by atoms with Crippen LogP contribution in [-0.2, 0) is 9.47 Å². The van der Waals surface area contributed by atoms with Crippen LogP contribution in [0.25, 0.3) is 0 Å². The summed E-state index contributed by atoms with van der Waals surface area (Å²) < 4.78 is 21.6. The van der Waals surface area contributed by atoms with E-state index in [2.05, 4.69) is 36.1 Å². The van der Waals surface area contributed by atoms with Gasteiger partial charge in [-0.05, 0) is 37.0 Å². The summed E-state index contributed by atoms with van der Waals surface area (Å²) >= 11 is 0. The summed E-state index contributed by atoms with van der Waals surface area (Å²) in [7, 11) is 0. The zero-order valence-corrected chi connectivity index (χ0v) is 14.5. The van der Waals surface area contributed by atoms with Gasteiger partial charge in [-0.15, -0.1) is 0 Å². The lowest BCUT2D eigenvalue weighted by molar-refractivity contribution is 0.0626. The van der Waals surface area contributed by atoms with Gasteiger partial charge in [0.15, 0.2) is 0 Å². The third-order valence-corrected chi connectivity index (χ3v) is 4.01. The highest BCUT2D eigenvalue weighted by Crippen LogP contribution is 2.45. The van der Waals surface area contributed by atoms with Gasteiger partial charge in [-0.3, -0.25) is 0 Å². The van der Waals surface area contributed by atoms with Crippen molar-refractivity contribution in [3.8, 4) is 0 Å². The molecule has 23 heavy (non-hydrogen) atoms. The van der Waals surface area contributed by atoms with Crippen molar-refractivity contribution in [3.05, 3.63) is 0 Å². The fourth-order valence-corrected chi connectivity index (χ4v) is 3.68. The molecule has 1 rings (SSSR count).